The van der Waals surface area contributed by atoms with E-state index in [9.17, 15) is 0 Å². The molecule has 0 unspecified atom stereocenters. The summed E-state index contributed by atoms with van der Waals surface area (Å²) in [6.07, 6.45) is 21.4. The fourth-order valence-electron chi connectivity index (χ4n) is 5.26. The first-order valence-corrected chi connectivity index (χ1v) is 16.4. The van der Waals surface area contributed by atoms with Crippen molar-refractivity contribution in [3.05, 3.63) is 119 Å². The Labute approximate surface area is 215 Å². The van der Waals surface area contributed by atoms with E-state index in [1.165, 1.54) is 26.6 Å². The molecule has 0 radical (unpaired) electrons. The molecule has 3 nitrogen and oxygen atoms in total. The average molecular weight is 570 g/mol. The molecule has 0 spiro atoms. The van der Waals surface area contributed by atoms with Crippen molar-refractivity contribution in [1.29, 1.82) is 0 Å². The molecule has 0 saturated carbocycles. The van der Waals surface area contributed by atoms with Crippen molar-refractivity contribution in [1.82, 2.24) is 0 Å². The molecule has 3 aliphatic rings. The van der Waals surface area contributed by atoms with Crippen LogP contribution in [0.15, 0.2) is 115 Å². The fraction of sp³-hybridized carbons (Fsp3) is 0.107. The van der Waals surface area contributed by atoms with E-state index in [4.69, 9.17) is 17.5 Å². The molecule has 3 aromatic heterocycles. The van der Waals surface area contributed by atoms with Crippen molar-refractivity contribution in [3.8, 4) is 0 Å². The Kier molecular flexibility index (Phi) is 7.33. The van der Waals surface area contributed by atoms with Crippen LogP contribution in [0.5, 0.6) is 0 Å². The predicted molar refractivity (Wildman–Crippen MR) is 125 cm³/mol. The topological polar surface area (TPSA) is 39.4 Å². The molecule has 0 aromatic carbocycles. The molecular formula is C28H23Cl2O3Zr. The van der Waals surface area contributed by atoms with Gasteiger partial charge in [0.1, 0.15) is 0 Å². The van der Waals surface area contributed by atoms with Crippen molar-refractivity contribution in [2.45, 2.75) is 19.3 Å². The summed E-state index contributed by atoms with van der Waals surface area (Å²) in [6.45, 7) is 0. The van der Waals surface area contributed by atoms with Crippen LogP contribution in [-0.4, -0.2) is 4.21 Å². The second kappa shape index (κ2) is 10.1. The molecule has 6 heteroatoms. The van der Waals surface area contributed by atoms with Crippen LogP contribution in [0.1, 0.15) is 36.5 Å². The van der Waals surface area contributed by atoms with Gasteiger partial charge in [0.05, 0.1) is 0 Å². The van der Waals surface area contributed by atoms with E-state index in [1.807, 2.05) is 18.2 Å². The summed E-state index contributed by atoms with van der Waals surface area (Å²) < 4.78 is 27.1. The van der Waals surface area contributed by atoms with E-state index in [-0.39, 0.29) is 24.8 Å². The zero-order chi connectivity index (χ0) is 21.5. The Bertz CT molecular complexity index is 1220. The minimum Gasteiger partial charge on any atom is -1.00 e. The molecule has 0 atom stereocenters. The molecule has 0 fully saturated rings. The molecule has 0 saturated heterocycles. The van der Waals surface area contributed by atoms with E-state index < -0.39 is 19.8 Å². The monoisotopic (exact) mass is 567 g/mol. The summed E-state index contributed by atoms with van der Waals surface area (Å²) in [4.78, 5) is 0. The standard InChI is InChI=1S/3C9H7O.CH2.2ClH.Zr/c3*1-2-5-8(4-1)9-6-3-7-10-9;;;;/h3*1,3-4,6-7H,2H2;1H2;2*1H;/q;;;;;;+2/p-2. The second-order valence-electron chi connectivity index (χ2n) is 8.33. The number of furan rings is 3. The van der Waals surface area contributed by atoms with Gasteiger partial charge in [-0.1, -0.05) is 0 Å². The number of allylic oxidation sites excluding steroid dienone is 12. The summed E-state index contributed by atoms with van der Waals surface area (Å²) in [5.41, 5.74) is 3.62. The first-order valence-electron chi connectivity index (χ1n) is 10.9. The van der Waals surface area contributed by atoms with E-state index in [1.54, 1.807) is 18.8 Å². The molecule has 0 bridgehead atoms. The van der Waals surface area contributed by atoms with Crippen molar-refractivity contribution in [2.75, 3.05) is 0 Å². The van der Waals surface area contributed by atoms with Crippen molar-refractivity contribution >= 4 is 20.9 Å². The van der Waals surface area contributed by atoms with Gasteiger partial charge in [0.2, 0.25) is 0 Å². The van der Waals surface area contributed by atoms with Crippen LogP contribution in [-0.2, 0) is 19.8 Å². The van der Waals surface area contributed by atoms with Gasteiger partial charge in [0.15, 0.2) is 0 Å². The summed E-state index contributed by atoms with van der Waals surface area (Å²) >= 11 is -3.62. The number of hydrogen-bond acceptors (Lipinski definition) is 3. The zero-order valence-electron chi connectivity index (χ0n) is 18.5. The van der Waals surface area contributed by atoms with E-state index in [0.717, 1.165) is 36.5 Å². The van der Waals surface area contributed by atoms with Gasteiger partial charge in [-0.05, 0) is 0 Å². The molecule has 3 aliphatic carbocycles. The van der Waals surface area contributed by atoms with Crippen molar-refractivity contribution in [2.24, 2.45) is 0 Å². The summed E-state index contributed by atoms with van der Waals surface area (Å²) in [5, 5.41) is 0. The van der Waals surface area contributed by atoms with Gasteiger partial charge >= 0.3 is 192 Å². The van der Waals surface area contributed by atoms with Gasteiger partial charge in [-0.25, -0.2) is 0 Å². The third-order valence-electron chi connectivity index (χ3n) is 6.70. The third kappa shape index (κ3) is 3.92. The fourth-order valence-corrected chi connectivity index (χ4v) is 16.3. The Morgan fingerprint density at radius 2 is 0.882 bits per heavy atom. The largest absolute Gasteiger partial charge is 1.00 e. The number of halogens is 2. The Balaban J connectivity index is 0.00000137. The van der Waals surface area contributed by atoms with Crippen molar-refractivity contribution in [3.63, 3.8) is 0 Å². The van der Waals surface area contributed by atoms with Gasteiger partial charge in [-0.3, -0.25) is 0 Å². The molecule has 0 N–H and O–H groups in total. The number of hydrogen-bond donors (Lipinski definition) is 0. The molecule has 34 heavy (non-hydrogen) atoms. The summed E-state index contributed by atoms with van der Waals surface area (Å²) in [6, 6.07) is 12.0. The summed E-state index contributed by atoms with van der Waals surface area (Å²) in [7, 11) is 0. The number of rotatable bonds is 6. The Morgan fingerprint density at radius 3 is 1.15 bits per heavy atom. The normalized spacial score (nSPS) is 16.7. The maximum absolute atomic E-state index is 5.86. The average Bonchev–Trinajstić information content (AvgIpc) is 3.67. The third-order valence-corrected chi connectivity index (χ3v) is 17.8. The predicted octanol–water partition coefficient (Wildman–Crippen LogP) is 1.47. The van der Waals surface area contributed by atoms with E-state index in [2.05, 4.69) is 54.7 Å². The minimum atomic E-state index is -3.62. The van der Waals surface area contributed by atoms with Gasteiger partial charge in [-0.2, -0.15) is 0 Å². The molecule has 0 aliphatic heterocycles. The molecule has 3 aromatic rings. The van der Waals surface area contributed by atoms with E-state index in [0.29, 0.717) is 0 Å². The molecule has 3 heterocycles. The van der Waals surface area contributed by atoms with Gasteiger partial charge < -0.3 is 24.8 Å². The molecular weight excluding hydrogens is 546 g/mol. The molecule has 0 amide bonds. The van der Waals surface area contributed by atoms with Gasteiger partial charge in [-0.15, -0.1) is 0 Å². The molecule has 171 valence electrons. The maximum atomic E-state index is 5.86. The van der Waals surface area contributed by atoms with E-state index >= 15 is 0 Å². The van der Waals surface area contributed by atoms with Gasteiger partial charge in [0, 0.05) is 0 Å². The van der Waals surface area contributed by atoms with Crippen LogP contribution in [0.25, 0.3) is 16.7 Å². The first-order chi connectivity index (χ1) is 15.8. The first kappa shape index (κ1) is 24.7. The quantitative estimate of drug-likeness (QED) is 0.452. The SMILES string of the molecule is [CH2]=[Zr+2]([C]1=C(c2ccco2)C=CC1)([C]1=C(c2ccco2)C=CC1)[C]1=C(c2ccco2)C=CC1.[Cl-].[Cl-]. The van der Waals surface area contributed by atoms with Crippen LogP contribution in [0.4, 0.5) is 0 Å². The second-order valence-corrected chi connectivity index (χ2v) is 17.2. The van der Waals surface area contributed by atoms with Crippen molar-refractivity contribution < 1.29 is 57.8 Å². The van der Waals surface area contributed by atoms with Crippen LogP contribution >= 0.6 is 0 Å². The maximum Gasteiger partial charge on any atom is -1.00 e. The molecule has 6 rings (SSSR count). The zero-order valence-corrected chi connectivity index (χ0v) is 22.4. The van der Waals surface area contributed by atoms with Crippen LogP contribution in [0, 0.1) is 0 Å². The van der Waals surface area contributed by atoms with Crippen LogP contribution in [0.2, 0.25) is 0 Å². The summed E-state index contributed by atoms with van der Waals surface area (Å²) in [5.74, 6) is 2.78. The Hall–Kier alpha value is -2.39. The minimum absolute atomic E-state index is 0. The van der Waals surface area contributed by atoms with Crippen LogP contribution < -0.4 is 24.8 Å². The Morgan fingerprint density at radius 1 is 0.559 bits per heavy atom. The van der Waals surface area contributed by atoms with Crippen LogP contribution in [0.3, 0.4) is 0 Å². The van der Waals surface area contributed by atoms with Gasteiger partial charge in [0.25, 0.3) is 0 Å². The smallest absolute Gasteiger partial charge is 1.00 e.